The second-order valence-electron chi connectivity index (χ2n) is 3.27. The predicted octanol–water partition coefficient (Wildman–Crippen LogP) is 2.77. The summed E-state index contributed by atoms with van der Waals surface area (Å²) in [6, 6.07) is 4.17. The number of pyridine rings is 1. The summed E-state index contributed by atoms with van der Waals surface area (Å²) in [4.78, 5) is 5.35. The van der Waals surface area contributed by atoms with Crippen LogP contribution in [0.15, 0.2) is 29.4 Å². The van der Waals surface area contributed by atoms with E-state index in [0.717, 1.165) is 11.8 Å². The Labute approximate surface area is 107 Å². The zero-order valence-electron chi connectivity index (χ0n) is 8.39. The molecule has 0 aliphatic carbocycles. The van der Waals surface area contributed by atoms with Gasteiger partial charge in [0.15, 0.2) is 0 Å². The molecule has 1 aliphatic heterocycles. The minimum absolute atomic E-state index is 0. The molecule has 2 heterocycles. The molecule has 0 spiro atoms. The molecule has 1 N–H and O–H groups in total. The molecule has 1 aliphatic rings. The van der Waals surface area contributed by atoms with Crippen LogP contribution in [0.1, 0.15) is 12.8 Å². The van der Waals surface area contributed by atoms with E-state index in [0.29, 0.717) is 0 Å². The normalized spacial score (nSPS) is 19.9. The van der Waals surface area contributed by atoms with Gasteiger partial charge in [0.2, 0.25) is 0 Å². The molecule has 1 unspecified atom stereocenters. The van der Waals surface area contributed by atoms with Crippen molar-refractivity contribution in [1.82, 2.24) is 10.3 Å². The molecular formula is C10H16Cl2N2S. The van der Waals surface area contributed by atoms with E-state index >= 15 is 0 Å². The summed E-state index contributed by atoms with van der Waals surface area (Å²) in [6.07, 6.45) is 6.36. The van der Waals surface area contributed by atoms with Gasteiger partial charge in [-0.1, -0.05) is 0 Å². The zero-order chi connectivity index (χ0) is 8.93. The summed E-state index contributed by atoms with van der Waals surface area (Å²) < 4.78 is 0. The van der Waals surface area contributed by atoms with E-state index < -0.39 is 0 Å². The average molecular weight is 267 g/mol. The first-order valence-corrected chi connectivity index (χ1v) is 5.60. The molecule has 1 fully saturated rings. The van der Waals surface area contributed by atoms with Gasteiger partial charge in [-0.05, 0) is 31.5 Å². The highest BCUT2D eigenvalue weighted by atomic mass is 35.5. The third-order valence-electron chi connectivity index (χ3n) is 2.20. The third-order valence-corrected chi connectivity index (χ3v) is 3.48. The maximum Gasteiger partial charge on any atom is 0.0278 e. The van der Waals surface area contributed by atoms with E-state index in [9.17, 15) is 0 Å². The molecule has 1 aromatic rings. The van der Waals surface area contributed by atoms with Gasteiger partial charge in [0.05, 0.1) is 0 Å². The second kappa shape index (κ2) is 8.22. The number of aromatic nitrogens is 1. The lowest BCUT2D eigenvalue weighted by Crippen LogP contribution is -2.31. The highest BCUT2D eigenvalue weighted by molar-refractivity contribution is 8.00. The molecule has 0 aromatic carbocycles. The molecule has 86 valence electrons. The van der Waals surface area contributed by atoms with Crippen molar-refractivity contribution in [2.75, 3.05) is 13.1 Å². The van der Waals surface area contributed by atoms with Gasteiger partial charge in [-0.3, -0.25) is 4.98 Å². The van der Waals surface area contributed by atoms with Crippen LogP contribution in [0.2, 0.25) is 0 Å². The molecule has 0 radical (unpaired) electrons. The third kappa shape index (κ3) is 5.07. The summed E-state index contributed by atoms with van der Waals surface area (Å²) in [5.41, 5.74) is 0. The van der Waals surface area contributed by atoms with Crippen LogP contribution in [-0.2, 0) is 0 Å². The molecule has 0 amide bonds. The largest absolute Gasteiger partial charge is 0.316 e. The Bertz CT molecular complexity index is 253. The predicted molar refractivity (Wildman–Crippen MR) is 70.5 cm³/mol. The minimum atomic E-state index is 0. The average Bonchev–Trinajstić information content (AvgIpc) is 2.21. The van der Waals surface area contributed by atoms with Crippen molar-refractivity contribution in [3.8, 4) is 0 Å². The lowest BCUT2D eigenvalue weighted by Gasteiger charge is -2.21. The monoisotopic (exact) mass is 266 g/mol. The van der Waals surface area contributed by atoms with Crippen molar-refractivity contribution in [3.63, 3.8) is 0 Å². The highest BCUT2D eigenvalue weighted by Crippen LogP contribution is 2.26. The smallest absolute Gasteiger partial charge is 0.0278 e. The molecule has 2 rings (SSSR count). The summed E-state index contributed by atoms with van der Waals surface area (Å²) in [5.74, 6) is 0. The number of hydrogen-bond acceptors (Lipinski definition) is 3. The highest BCUT2D eigenvalue weighted by Gasteiger charge is 2.13. The van der Waals surface area contributed by atoms with Crippen LogP contribution < -0.4 is 5.32 Å². The Hall–Kier alpha value is 0.0400. The fraction of sp³-hybridized carbons (Fsp3) is 0.500. The number of halogens is 2. The summed E-state index contributed by atoms with van der Waals surface area (Å²) >= 11 is 1.96. The topological polar surface area (TPSA) is 24.9 Å². The van der Waals surface area contributed by atoms with Crippen LogP contribution in [0.4, 0.5) is 0 Å². The molecular weight excluding hydrogens is 251 g/mol. The first-order valence-electron chi connectivity index (χ1n) is 4.72. The van der Waals surface area contributed by atoms with Crippen LogP contribution in [0.3, 0.4) is 0 Å². The lowest BCUT2D eigenvalue weighted by molar-refractivity contribution is 0.531. The molecule has 2 nitrogen and oxygen atoms in total. The molecule has 15 heavy (non-hydrogen) atoms. The second-order valence-corrected chi connectivity index (χ2v) is 4.64. The molecule has 0 bridgehead atoms. The van der Waals surface area contributed by atoms with Gasteiger partial charge in [0.25, 0.3) is 0 Å². The molecule has 1 aromatic heterocycles. The van der Waals surface area contributed by atoms with E-state index in [1.54, 1.807) is 0 Å². The van der Waals surface area contributed by atoms with Crippen molar-refractivity contribution >= 4 is 36.6 Å². The van der Waals surface area contributed by atoms with Gasteiger partial charge in [0.1, 0.15) is 0 Å². The van der Waals surface area contributed by atoms with Crippen LogP contribution in [-0.4, -0.2) is 23.3 Å². The number of nitrogens with zero attached hydrogens (tertiary/aromatic N) is 1. The summed E-state index contributed by atoms with van der Waals surface area (Å²) in [7, 11) is 0. The maximum atomic E-state index is 4.01. The van der Waals surface area contributed by atoms with Crippen molar-refractivity contribution in [2.45, 2.75) is 23.0 Å². The van der Waals surface area contributed by atoms with Gasteiger partial charge < -0.3 is 5.32 Å². The molecule has 0 saturated carbocycles. The van der Waals surface area contributed by atoms with E-state index in [4.69, 9.17) is 0 Å². The van der Waals surface area contributed by atoms with E-state index in [1.165, 1.54) is 24.3 Å². The minimum Gasteiger partial charge on any atom is -0.316 e. The van der Waals surface area contributed by atoms with E-state index in [-0.39, 0.29) is 24.8 Å². The number of nitrogens with one attached hydrogen (secondary N) is 1. The van der Waals surface area contributed by atoms with Gasteiger partial charge in [-0.15, -0.1) is 36.6 Å². The van der Waals surface area contributed by atoms with Crippen LogP contribution >= 0.6 is 36.6 Å². The lowest BCUT2D eigenvalue weighted by atomic mass is 10.2. The Morgan fingerprint density at radius 1 is 1.27 bits per heavy atom. The van der Waals surface area contributed by atoms with Crippen molar-refractivity contribution in [1.29, 1.82) is 0 Å². The van der Waals surface area contributed by atoms with Crippen LogP contribution in [0.5, 0.6) is 0 Å². The molecule has 1 saturated heterocycles. The van der Waals surface area contributed by atoms with Crippen molar-refractivity contribution in [3.05, 3.63) is 24.5 Å². The fourth-order valence-corrected chi connectivity index (χ4v) is 2.68. The fourth-order valence-electron chi connectivity index (χ4n) is 1.53. The Morgan fingerprint density at radius 3 is 2.60 bits per heavy atom. The number of thioether (sulfide) groups is 1. The Balaban J connectivity index is 0.000000980. The summed E-state index contributed by atoms with van der Waals surface area (Å²) in [6.45, 7) is 2.33. The van der Waals surface area contributed by atoms with Crippen molar-refractivity contribution < 1.29 is 0 Å². The quantitative estimate of drug-likeness (QED) is 0.892. The van der Waals surface area contributed by atoms with E-state index in [1.807, 2.05) is 24.2 Å². The van der Waals surface area contributed by atoms with E-state index in [2.05, 4.69) is 22.4 Å². The maximum absolute atomic E-state index is 4.01. The van der Waals surface area contributed by atoms with Crippen LogP contribution in [0, 0.1) is 0 Å². The van der Waals surface area contributed by atoms with Gasteiger partial charge >= 0.3 is 0 Å². The van der Waals surface area contributed by atoms with Crippen molar-refractivity contribution in [2.24, 2.45) is 0 Å². The molecule has 5 heteroatoms. The van der Waals surface area contributed by atoms with Crippen LogP contribution in [0.25, 0.3) is 0 Å². The van der Waals surface area contributed by atoms with Gasteiger partial charge in [-0.2, -0.15) is 0 Å². The number of rotatable bonds is 2. The first-order chi connectivity index (χ1) is 6.45. The standard InChI is InChI=1S/C10H14N2S.2ClH/c1-2-10(8-12-5-1)13-9-3-6-11-7-4-9;;/h3-4,6-7,10,12H,1-2,5,8H2;2*1H. The number of piperidine rings is 1. The van der Waals surface area contributed by atoms with Gasteiger partial charge in [0, 0.05) is 29.1 Å². The first kappa shape index (κ1) is 15.0. The summed E-state index contributed by atoms with van der Waals surface area (Å²) in [5, 5.41) is 4.17. The molecule has 1 atom stereocenters. The SMILES string of the molecule is Cl.Cl.c1cc(SC2CCCNC2)ccn1. The Kier molecular flexibility index (Phi) is 8.24. The zero-order valence-corrected chi connectivity index (χ0v) is 10.8. The van der Waals surface area contributed by atoms with Gasteiger partial charge in [-0.25, -0.2) is 0 Å². The number of hydrogen-bond donors (Lipinski definition) is 1. The Morgan fingerprint density at radius 2 is 2.00 bits per heavy atom.